The fourth-order valence-corrected chi connectivity index (χ4v) is 4.32. The highest BCUT2D eigenvalue weighted by Gasteiger charge is 2.21. The van der Waals surface area contributed by atoms with E-state index in [1.165, 1.54) is 12.1 Å². The Labute approximate surface area is 182 Å². The first-order chi connectivity index (χ1) is 15.4. The number of H-pyrrole nitrogens is 1. The van der Waals surface area contributed by atoms with E-state index in [0.29, 0.717) is 28.1 Å². The van der Waals surface area contributed by atoms with Crippen molar-refractivity contribution < 1.29 is 13.7 Å². The van der Waals surface area contributed by atoms with Gasteiger partial charge in [0.25, 0.3) is 0 Å². The Balaban J connectivity index is 1.80. The van der Waals surface area contributed by atoms with Gasteiger partial charge in [-0.25, -0.2) is 9.18 Å². The summed E-state index contributed by atoms with van der Waals surface area (Å²) < 4.78 is 26.1. The van der Waals surface area contributed by atoms with Crippen LogP contribution < -0.4 is 10.4 Å². The maximum Gasteiger partial charge on any atom is 0.327 e. The smallest absolute Gasteiger partial charge is 0.327 e. The van der Waals surface area contributed by atoms with Crippen LogP contribution in [0.1, 0.15) is 30.0 Å². The summed E-state index contributed by atoms with van der Waals surface area (Å²) in [5, 5.41) is 4.82. The summed E-state index contributed by atoms with van der Waals surface area (Å²) in [6, 6.07) is 9.64. The minimum atomic E-state index is -0.323. The highest BCUT2D eigenvalue weighted by atomic mass is 19.1. The Kier molecular flexibility index (Phi) is 4.58. The quantitative estimate of drug-likeness (QED) is 0.436. The molecule has 0 spiro atoms. The van der Waals surface area contributed by atoms with Gasteiger partial charge in [0.05, 0.1) is 47.2 Å². The molecule has 5 aromatic rings. The second-order valence-corrected chi connectivity index (χ2v) is 7.82. The number of imidazole rings is 1. The van der Waals surface area contributed by atoms with Gasteiger partial charge >= 0.3 is 5.69 Å². The van der Waals surface area contributed by atoms with Gasteiger partial charge in [0.2, 0.25) is 0 Å². The van der Waals surface area contributed by atoms with E-state index in [-0.39, 0.29) is 17.5 Å². The van der Waals surface area contributed by atoms with Crippen LogP contribution in [0.2, 0.25) is 0 Å². The molecule has 3 aromatic heterocycles. The van der Waals surface area contributed by atoms with Crippen molar-refractivity contribution in [3.8, 4) is 16.9 Å². The third-order valence-corrected chi connectivity index (χ3v) is 5.90. The Morgan fingerprint density at radius 1 is 1.19 bits per heavy atom. The molecule has 1 N–H and O–H groups in total. The van der Waals surface area contributed by atoms with Crippen molar-refractivity contribution in [2.24, 2.45) is 0 Å². The van der Waals surface area contributed by atoms with Crippen LogP contribution in [-0.4, -0.2) is 26.8 Å². The molecular weight excluding hydrogens is 411 g/mol. The standard InChI is InChI=1S/C24H21FN4O3/c1-12-22(14(3)32-28-12)18-9-19-17(10-21(18)31-4)23-20(11-26-19)27-24(30)29(23)13(2)15-5-7-16(25)8-6-15/h5-11,13H,1-4H3,(H,27,30). The lowest BCUT2D eigenvalue weighted by Crippen LogP contribution is -2.21. The van der Waals surface area contributed by atoms with Crippen LogP contribution in [-0.2, 0) is 0 Å². The average molecular weight is 432 g/mol. The summed E-state index contributed by atoms with van der Waals surface area (Å²) >= 11 is 0. The van der Waals surface area contributed by atoms with Crippen molar-refractivity contribution in [3.63, 3.8) is 0 Å². The lowest BCUT2D eigenvalue weighted by molar-refractivity contribution is 0.393. The SMILES string of the molecule is COc1cc2c(cc1-c1c(C)noc1C)ncc1[nH]c(=O)n(C(C)c3ccc(F)cc3)c12. The Morgan fingerprint density at radius 3 is 2.59 bits per heavy atom. The van der Waals surface area contributed by atoms with Gasteiger partial charge in [0, 0.05) is 10.9 Å². The number of nitrogens with zero attached hydrogens (tertiary/aromatic N) is 3. The molecule has 1 unspecified atom stereocenters. The number of halogens is 1. The second kappa shape index (κ2) is 7.33. The molecule has 3 heterocycles. The molecule has 32 heavy (non-hydrogen) atoms. The molecule has 7 nitrogen and oxygen atoms in total. The molecule has 0 saturated carbocycles. The number of aryl methyl sites for hydroxylation is 2. The second-order valence-electron chi connectivity index (χ2n) is 7.82. The number of hydrogen-bond donors (Lipinski definition) is 1. The van der Waals surface area contributed by atoms with Gasteiger partial charge in [-0.15, -0.1) is 0 Å². The maximum absolute atomic E-state index is 13.4. The summed E-state index contributed by atoms with van der Waals surface area (Å²) in [4.78, 5) is 20.4. The van der Waals surface area contributed by atoms with Crippen LogP contribution in [0.15, 0.2) is 51.9 Å². The lowest BCUT2D eigenvalue weighted by Gasteiger charge is -2.16. The fourth-order valence-electron chi connectivity index (χ4n) is 4.32. The Morgan fingerprint density at radius 2 is 1.94 bits per heavy atom. The number of nitrogens with one attached hydrogen (secondary N) is 1. The van der Waals surface area contributed by atoms with E-state index in [1.54, 1.807) is 30.0 Å². The van der Waals surface area contributed by atoms with Gasteiger partial charge in [-0.3, -0.25) is 9.55 Å². The molecule has 0 aliphatic carbocycles. The van der Waals surface area contributed by atoms with Gasteiger partial charge in [0.1, 0.15) is 17.3 Å². The molecule has 1 atom stereocenters. The molecule has 0 bridgehead atoms. The first-order valence-electron chi connectivity index (χ1n) is 10.2. The summed E-state index contributed by atoms with van der Waals surface area (Å²) in [5.41, 5.74) is 5.01. The number of rotatable bonds is 4. The molecule has 0 saturated heterocycles. The van der Waals surface area contributed by atoms with Gasteiger partial charge in [-0.05, 0) is 50.6 Å². The zero-order chi connectivity index (χ0) is 22.6. The van der Waals surface area contributed by atoms with E-state index in [1.807, 2.05) is 32.9 Å². The van der Waals surface area contributed by atoms with Crippen molar-refractivity contribution >= 4 is 21.9 Å². The molecule has 0 fully saturated rings. The van der Waals surface area contributed by atoms with E-state index in [0.717, 1.165) is 27.8 Å². The number of aromatic nitrogens is 4. The van der Waals surface area contributed by atoms with E-state index in [2.05, 4.69) is 15.1 Å². The van der Waals surface area contributed by atoms with Crippen LogP contribution >= 0.6 is 0 Å². The Bertz CT molecular complexity index is 1510. The van der Waals surface area contributed by atoms with Crippen molar-refractivity contribution in [3.05, 3.63) is 75.9 Å². The van der Waals surface area contributed by atoms with Crippen molar-refractivity contribution in [2.45, 2.75) is 26.8 Å². The normalized spacial score (nSPS) is 12.5. The number of hydrogen-bond acceptors (Lipinski definition) is 5. The molecule has 0 radical (unpaired) electrons. The molecular formula is C24H21FN4O3. The number of methoxy groups -OCH3 is 1. The first kappa shape index (κ1) is 20.0. The third kappa shape index (κ3) is 2.98. The van der Waals surface area contributed by atoms with Crippen LogP contribution in [0.4, 0.5) is 4.39 Å². The van der Waals surface area contributed by atoms with E-state index in [9.17, 15) is 9.18 Å². The summed E-state index contributed by atoms with van der Waals surface area (Å²) in [5.74, 6) is 0.985. The minimum absolute atomic E-state index is 0.264. The molecule has 8 heteroatoms. The molecule has 2 aromatic carbocycles. The van der Waals surface area contributed by atoms with Crippen molar-refractivity contribution in [1.82, 2.24) is 19.7 Å². The molecule has 0 amide bonds. The largest absolute Gasteiger partial charge is 0.496 e. The van der Waals surface area contributed by atoms with Gasteiger partial charge in [-0.2, -0.15) is 0 Å². The van der Waals surface area contributed by atoms with Crippen LogP contribution in [0.3, 0.4) is 0 Å². The number of pyridine rings is 1. The summed E-state index contributed by atoms with van der Waals surface area (Å²) in [6.07, 6.45) is 1.65. The van der Waals surface area contributed by atoms with Gasteiger partial charge in [0.15, 0.2) is 0 Å². The first-order valence-corrected chi connectivity index (χ1v) is 10.2. The van der Waals surface area contributed by atoms with E-state index in [4.69, 9.17) is 9.26 Å². The van der Waals surface area contributed by atoms with Crippen molar-refractivity contribution in [1.29, 1.82) is 0 Å². The van der Waals surface area contributed by atoms with Crippen molar-refractivity contribution in [2.75, 3.05) is 7.11 Å². The fraction of sp³-hybridized carbons (Fsp3) is 0.208. The monoisotopic (exact) mass is 432 g/mol. The van der Waals surface area contributed by atoms with Crippen LogP contribution in [0, 0.1) is 19.7 Å². The zero-order valence-corrected chi connectivity index (χ0v) is 18.1. The van der Waals surface area contributed by atoms with E-state index >= 15 is 0 Å². The van der Waals surface area contributed by atoms with Gasteiger partial charge in [-0.1, -0.05) is 17.3 Å². The third-order valence-electron chi connectivity index (χ3n) is 5.90. The Hall–Kier alpha value is -3.94. The topological polar surface area (TPSA) is 85.9 Å². The zero-order valence-electron chi connectivity index (χ0n) is 18.1. The summed E-state index contributed by atoms with van der Waals surface area (Å²) in [7, 11) is 1.60. The molecule has 162 valence electrons. The number of fused-ring (bicyclic) bond motifs is 3. The number of benzene rings is 2. The minimum Gasteiger partial charge on any atom is -0.496 e. The predicted molar refractivity (Wildman–Crippen MR) is 120 cm³/mol. The lowest BCUT2D eigenvalue weighted by atomic mass is 10.00. The van der Waals surface area contributed by atoms with Crippen LogP contribution in [0.5, 0.6) is 5.75 Å². The van der Waals surface area contributed by atoms with Crippen LogP contribution in [0.25, 0.3) is 33.1 Å². The maximum atomic E-state index is 13.4. The summed E-state index contributed by atoms with van der Waals surface area (Å²) in [6.45, 7) is 5.63. The van der Waals surface area contributed by atoms with Gasteiger partial charge < -0.3 is 14.2 Å². The molecule has 0 aliphatic heterocycles. The van der Waals surface area contributed by atoms with E-state index < -0.39 is 0 Å². The molecule has 5 rings (SSSR count). The number of ether oxygens (including phenoxy) is 1. The highest BCUT2D eigenvalue weighted by molar-refractivity contribution is 6.04. The predicted octanol–water partition coefficient (Wildman–Crippen LogP) is 4.91. The highest BCUT2D eigenvalue weighted by Crippen LogP contribution is 2.39. The number of aromatic amines is 1. The molecule has 0 aliphatic rings. The average Bonchev–Trinajstić information content (AvgIpc) is 3.30.